The van der Waals surface area contributed by atoms with Gasteiger partial charge in [0.2, 0.25) is 5.13 Å². The highest BCUT2D eigenvalue weighted by Gasteiger charge is 2.04. The molecule has 0 aliphatic carbocycles. The first-order chi connectivity index (χ1) is 11.7. The van der Waals surface area contributed by atoms with Gasteiger partial charge in [-0.05, 0) is 48.0 Å². The Morgan fingerprint density at radius 2 is 1.92 bits per heavy atom. The fourth-order valence-corrected chi connectivity index (χ4v) is 2.67. The second-order valence-corrected chi connectivity index (χ2v) is 5.74. The first kappa shape index (κ1) is 15.8. The quantitative estimate of drug-likeness (QED) is 0.374. The van der Waals surface area contributed by atoms with E-state index in [-0.39, 0.29) is 11.5 Å². The van der Waals surface area contributed by atoms with Gasteiger partial charge in [0.05, 0.1) is 19.0 Å². The molecule has 1 aromatic heterocycles. The molecule has 0 bridgehead atoms. The molecule has 122 valence electrons. The van der Waals surface area contributed by atoms with Gasteiger partial charge in [-0.3, -0.25) is 5.43 Å². The van der Waals surface area contributed by atoms with Crippen LogP contribution < -0.4 is 10.2 Å². The highest BCUT2D eigenvalue weighted by Crippen LogP contribution is 2.27. The summed E-state index contributed by atoms with van der Waals surface area (Å²) in [6.45, 7) is 0. The van der Waals surface area contributed by atoms with Crippen molar-refractivity contribution in [3.05, 3.63) is 53.4 Å². The normalized spacial score (nSPS) is 10.9. The van der Waals surface area contributed by atoms with E-state index in [0.29, 0.717) is 10.7 Å². The Labute approximate surface area is 142 Å². The summed E-state index contributed by atoms with van der Waals surface area (Å²) in [5, 5.41) is 25.4. The number of benzene rings is 2. The molecule has 0 radical (unpaired) electrons. The van der Waals surface area contributed by atoms with Gasteiger partial charge in [0, 0.05) is 10.9 Å². The van der Waals surface area contributed by atoms with Crippen LogP contribution in [-0.4, -0.2) is 28.5 Å². The van der Waals surface area contributed by atoms with Crippen LogP contribution in [0.2, 0.25) is 0 Å². The summed E-state index contributed by atoms with van der Waals surface area (Å²) in [5.74, 6) is 0.452. The largest absolute Gasteiger partial charge is 0.504 e. The summed E-state index contributed by atoms with van der Waals surface area (Å²) in [6, 6.07) is 12.1. The minimum atomic E-state index is -0.185. The molecule has 0 aliphatic rings. The number of nitrogens with zero attached hydrogens (tertiary/aromatic N) is 2. The number of nitrogens with one attached hydrogen (secondary N) is 1. The van der Waals surface area contributed by atoms with E-state index >= 15 is 0 Å². The van der Waals surface area contributed by atoms with E-state index < -0.39 is 0 Å². The summed E-state index contributed by atoms with van der Waals surface area (Å²) in [5.41, 5.74) is 5.35. The number of aromatic nitrogens is 1. The molecule has 1 heterocycles. The molecule has 0 unspecified atom stereocenters. The molecule has 2 aromatic carbocycles. The van der Waals surface area contributed by atoms with Gasteiger partial charge in [-0.25, -0.2) is 4.98 Å². The van der Waals surface area contributed by atoms with Crippen molar-refractivity contribution >= 4 is 22.7 Å². The number of anilines is 1. The number of ether oxygens (including phenoxy) is 1. The standard InChI is InChI=1S/C17H15N3O3S/c1-23-13-5-3-12(4-6-13)14-10-24-17(19-14)20-18-9-11-2-7-15(21)16(22)8-11/h2-10,21-22H,1H3,(H,19,20)/b18-9+. The lowest BCUT2D eigenvalue weighted by molar-refractivity contribution is 0.403. The van der Waals surface area contributed by atoms with E-state index in [4.69, 9.17) is 4.74 Å². The number of phenolic OH excluding ortho intramolecular Hbond substituents is 2. The Morgan fingerprint density at radius 1 is 1.12 bits per heavy atom. The molecule has 0 amide bonds. The van der Waals surface area contributed by atoms with Gasteiger partial charge < -0.3 is 14.9 Å². The molecule has 3 rings (SSSR count). The Kier molecular flexibility index (Phi) is 4.62. The van der Waals surface area contributed by atoms with Crippen LogP contribution >= 0.6 is 11.3 Å². The topological polar surface area (TPSA) is 87.0 Å². The fraction of sp³-hybridized carbons (Fsp3) is 0.0588. The zero-order chi connectivity index (χ0) is 16.9. The number of aromatic hydroxyl groups is 2. The molecule has 3 N–H and O–H groups in total. The maximum atomic E-state index is 9.43. The highest BCUT2D eigenvalue weighted by atomic mass is 32.1. The molecule has 0 fully saturated rings. The number of thiazole rings is 1. The highest BCUT2D eigenvalue weighted by molar-refractivity contribution is 7.14. The Bertz CT molecular complexity index is 860. The third-order valence-corrected chi connectivity index (χ3v) is 4.01. The average Bonchev–Trinajstić information content (AvgIpc) is 3.07. The van der Waals surface area contributed by atoms with Crippen LogP contribution in [0.3, 0.4) is 0 Å². The first-order valence-corrected chi connectivity index (χ1v) is 7.94. The van der Waals surface area contributed by atoms with Crippen molar-refractivity contribution in [2.45, 2.75) is 0 Å². The monoisotopic (exact) mass is 341 g/mol. The van der Waals surface area contributed by atoms with E-state index in [2.05, 4.69) is 15.5 Å². The summed E-state index contributed by atoms with van der Waals surface area (Å²) >= 11 is 1.44. The molecule has 0 atom stereocenters. The number of hydrogen-bond acceptors (Lipinski definition) is 7. The number of hydrogen-bond donors (Lipinski definition) is 3. The maximum absolute atomic E-state index is 9.43. The van der Waals surface area contributed by atoms with Crippen molar-refractivity contribution in [1.82, 2.24) is 4.98 Å². The van der Waals surface area contributed by atoms with Crippen LogP contribution in [0.4, 0.5) is 5.13 Å². The smallest absolute Gasteiger partial charge is 0.203 e. The van der Waals surface area contributed by atoms with Gasteiger partial charge in [-0.1, -0.05) is 0 Å². The number of hydrazone groups is 1. The molecule has 7 heteroatoms. The van der Waals surface area contributed by atoms with Crippen LogP contribution in [0, 0.1) is 0 Å². The van der Waals surface area contributed by atoms with Crippen molar-refractivity contribution in [3.8, 4) is 28.5 Å². The Balaban J connectivity index is 1.67. The van der Waals surface area contributed by atoms with Gasteiger partial charge in [0.1, 0.15) is 5.75 Å². The van der Waals surface area contributed by atoms with Gasteiger partial charge in [0.25, 0.3) is 0 Å². The Hall–Kier alpha value is -3.06. The van der Waals surface area contributed by atoms with E-state index in [1.54, 1.807) is 13.2 Å². The fourth-order valence-electron chi connectivity index (χ4n) is 2.00. The molecule has 6 nitrogen and oxygen atoms in total. The number of phenols is 2. The van der Waals surface area contributed by atoms with Crippen molar-refractivity contribution in [3.63, 3.8) is 0 Å². The molecule has 0 aliphatic heterocycles. The lowest BCUT2D eigenvalue weighted by atomic mass is 10.2. The van der Waals surface area contributed by atoms with E-state index in [1.807, 2.05) is 29.6 Å². The third-order valence-electron chi connectivity index (χ3n) is 3.26. The summed E-state index contributed by atoms with van der Waals surface area (Å²) in [7, 11) is 1.63. The Morgan fingerprint density at radius 3 is 2.62 bits per heavy atom. The van der Waals surface area contributed by atoms with Crippen molar-refractivity contribution in [2.24, 2.45) is 5.10 Å². The molecular weight excluding hydrogens is 326 g/mol. The number of methoxy groups -OCH3 is 1. The summed E-state index contributed by atoms with van der Waals surface area (Å²) in [4.78, 5) is 4.46. The maximum Gasteiger partial charge on any atom is 0.203 e. The van der Waals surface area contributed by atoms with E-state index in [1.165, 1.54) is 29.7 Å². The van der Waals surface area contributed by atoms with E-state index in [9.17, 15) is 10.2 Å². The van der Waals surface area contributed by atoms with E-state index in [0.717, 1.165) is 17.0 Å². The molecule has 24 heavy (non-hydrogen) atoms. The molecular formula is C17H15N3O3S. The predicted octanol–water partition coefficient (Wildman–Crippen LogP) is 3.68. The second kappa shape index (κ2) is 7.01. The lowest BCUT2D eigenvalue weighted by Gasteiger charge is -2.00. The van der Waals surface area contributed by atoms with Crippen LogP contribution in [0.1, 0.15) is 5.56 Å². The lowest BCUT2D eigenvalue weighted by Crippen LogP contribution is -1.90. The van der Waals surface area contributed by atoms with Crippen LogP contribution in [0.15, 0.2) is 52.9 Å². The van der Waals surface area contributed by atoms with Gasteiger partial charge in [0.15, 0.2) is 11.5 Å². The zero-order valence-corrected chi connectivity index (χ0v) is 13.6. The first-order valence-electron chi connectivity index (χ1n) is 7.07. The van der Waals surface area contributed by atoms with Crippen LogP contribution in [0.5, 0.6) is 17.2 Å². The predicted molar refractivity (Wildman–Crippen MR) is 95.1 cm³/mol. The van der Waals surface area contributed by atoms with Gasteiger partial charge in [-0.2, -0.15) is 5.10 Å². The minimum absolute atomic E-state index is 0.163. The summed E-state index contributed by atoms with van der Waals surface area (Å²) < 4.78 is 5.14. The summed E-state index contributed by atoms with van der Waals surface area (Å²) in [6.07, 6.45) is 1.54. The van der Waals surface area contributed by atoms with Crippen LogP contribution in [-0.2, 0) is 0 Å². The van der Waals surface area contributed by atoms with Crippen molar-refractivity contribution in [1.29, 1.82) is 0 Å². The zero-order valence-electron chi connectivity index (χ0n) is 12.8. The average molecular weight is 341 g/mol. The van der Waals surface area contributed by atoms with Gasteiger partial charge in [-0.15, -0.1) is 11.3 Å². The third kappa shape index (κ3) is 3.64. The molecule has 0 saturated heterocycles. The van der Waals surface area contributed by atoms with Crippen LogP contribution in [0.25, 0.3) is 11.3 Å². The molecule has 0 spiro atoms. The van der Waals surface area contributed by atoms with Crippen molar-refractivity contribution in [2.75, 3.05) is 12.5 Å². The molecule has 0 saturated carbocycles. The minimum Gasteiger partial charge on any atom is -0.504 e. The SMILES string of the molecule is COc1ccc(-c2csc(N/N=C/c3ccc(O)c(O)c3)n2)cc1. The van der Waals surface area contributed by atoms with Crippen molar-refractivity contribution < 1.29 is 14.9 Å². The second-order valence-electron chi connectivity index (χ2n) is 4.88. The number of rotatable bonds is 5. The van der Waals surface area contributed by atoms with Gasteiger partial charge >= 0.3 is 0 Å². The molecule has 3 aromatic rings.